The molecule has 1 rings (SSSR count). The maximum atomic E-state index is 12.2. The molecule has 2 atom stereocenters. The van der Waals surface area contributed by atoms with Crippen LogP contribution in [0.5, 0.6) is 0 Å². The van der Waals surface area contributed by atoms with Gasteiger partial charge in [0.15, 0.2) is 0 Å². The quantitative estimate of drug-likeness (QED) is 0.706. The van der Waals surface area contributed by atoms with Crippen LogP contribution in [-0.4, -0.2) is 51.7 Å². The lowest BCUT2D eigenvalue weighted by atomic mass is 9.96. The second-order valence-corrected chi connectivity index (χ2v) is 7.09. The highest BCUT2D eigenvalue weighted by atomic mass is 32.2. The standard InChI is InChI=1S/C12H25N3O3S/c1-3-11(7-13)12(16)15-6-4-5-10(9-15)8-14-19(2,17)18/h10-11,14H,3-9,13H2,1-2H3. The molecule has 6 nitrogen and oxygen atoms in total. The number of rotatable bonds is 6. The molecule has 1 heterocycles. The summed E-state index contributed by atoms with van der Waals surface area (Å²) >= 11 is 0. The van der Waals surface area contributed by atoms with E-state index in [1.165, 1.54) is 0 Å². The van der Waals surface area contributed by atoms with Gasteiger partial charge in [0.05, 0.1) is 12.2 Å². The third-order valence-corrected chi connectivity index (χ3v) is 4.28. The van der Waals surface area contributed by atoms with Crippen molar-refractivity contribution in [1.29, 1.82) is 0 Å². The van der Waals surface area contributed by atoms with E-state index < -0.39 is 10.0 Å². The minimum absolute atomic E-state index is 0.106. The van der Waals surface area contributed by atoms with Crippen LogP contribution in [0.3, 0.4) is 0 Å². The zero-order chi connectivity index (χ0) is 14.5. The minimum Gasteiger partial charge on any atom is -0.342 e. The van der Waals surface area contributed by atoms with Gasteiger partial charge < -0.3 is 10.6 Å². The van der Waals surface area contributed by atoms with Crippen LogP contribution in [0, 0.1) is 11.8 Å². The van der Waals surface area contributed by atoms with Crippen molar-refractivity contribution in [3.05, 3.63) is 0 Å². The lowest BCUT2D eigenvalue weighted by Crippen LogP contribution is -2.46. The monoisotopic (exact) mass is 291 g/mol. The normalized spacial score (nSPS) is 22.3. The molecule has 7 heteroatoms. The van der Waals surface area contributed by atoms with E-state index in [0.717, 1.165) is 32.1 Å². The highest BCUT2D eigenvalue weighted by Crippen LogP contribution is 2.18. The molecule has 2 unspecified atom stereocenters. The molecule has 19 heavy (non-hydrogen) atoms. The first kappa shape index (κ1) is 16.4. The maximum absolute atomic E-state index is 12.2. The van der Waals surface area contributed by atoms with Gasteiger partial charge in [-0.3, -0.25) is 4.79 Å². The average molecular weight is 291 g/mol. The number of hydrogen-bond donors (Lipinski definition) is 2. The van der Waals surface area contributed by atoms with Gasteiger partial charge in [-0.1, -0.05) is 6.92 Å². The van der Waals surface area contributed by atoms with Crippen LogP contribution in [0.25, 0.3) is 0 Å². The Hall–Kier alpha value is -0.660. The largest absolute Gasteiger partial charge is 0.342 e. The molecule has 0 saturated carbocycles. The molecule has 0 aromatic heterocycles. The van der Waals surface area contributed by atoms with Crippen molar-refractivity contribution in [1.82, 2.24) is 9.62 Å². The first-order valence-corrected chi connectivity index (χ1v) is 8.70. The second kappa shape index (κ2) is 7.21. The summed E-state index contributed by atoms with van der Waals surface area (Å²) in [6.07, 6.45) is 3.77. The Morgan fingerprint density at radius 1 is 1.53 bits per heavy atom. The number of nitrogens with zero attached hydrogens (tertiary/aromatic N) is 1. The van der Waals surface area contributed by atoms with Crippen LogP contribution < -0.4 is 10.5 Å². The number of amides is 1. The zero-order valence-electron chi connectivity index (χ0n) is 11.8. The summed E-state index contributed by atoms with van der Waals surface area (Å²) in [6.45, 7) is 4.12. The number of nitrogens with one attached hydrogen (secondary N) is 1. The fourth-order valence-corrected chi connectivity index (χ4v) is 2.94. The van der Waals surface area contributed by atoms with Crippen molar-refractivity contribution in [3.8, 4) is 0 Å². The second-order valence-electron chi connectivity index (χ2n) is 5.25. The molecular formula is C12H25N3O3S. The van der Waals surface area contributed by atoms with Crippen LogP contribution >= 0.6 is 0 Å². The lowest BCUT2D eigenvalue weighted by molar-refractivity contribution is -0.137. The summed E-state index contributed by atoms with van der Waals surface area (Å²) in [7, 11) is -3.16. The third kappa shape index (κ3) is 5.46. The predicted octanol–water partition coefficient (Wildman–Crippen LogP) is -0.241. The topological polar surface area (TPSA) is 92.5 Å². The third-order valence-electron chi connectivity index (χ3n) is 3.59. The molecule has 0 aromatic rings. The molecule has 0 aromatic carbocycles. The highest BCUT2D eigenvalue weighted by molar-refractivity contribution is 7.88. The molecule has 1 aliphatic rings. The van der Waals surface area contributed by atoms with E-state index in [9.17, 15) is 13.2 Å². The Kier molecular flexibility index (Phi) is 6.22. The summed E-state index contributed by atoms with van der Waals surface area (Å²) in [5, 5.41) is 0. The van der Waals surface area contributed by atoms with E-state index in [2.05, 4.69) is 4.72 Å². The summed E-state index contributed by atoms with van der Waals surface area (Å²) in [4.78, 5) is 14.0. The molecular weight excluding hydrogens is 266 g/mol. The van der Waals surface area contributed by atoms with Gasteiger partial charge in [-0.15, -0.1) is 0 Å². The fourth-order valence-electron chi connectivity index (χ4n) is 2.40. The molecule has 3 N–H and O–H groups in total. The van der Waals surface area contributed by atoms with Crippen LogP contribution in [0.4, 0.5) is 0 Å². The van der Waals surface area contributed by atoms with Gasteiger partial charge in [-0.05, 0) is 25.2 Å². The van der Waals surface area contributed by atoms with Crippen molar-refractivity contribution in [3.63, 3.8) is 0 Å². The first-order chi connectivity index (χ1) is 8.87. The van der Waals surface area contributed by atoms with Crippen molar-refractivity contribution in [2.24, 2.45) is 17.6 Å². The van der Waals surface area contributed by atoms with E-state index in [-0.39, 0.29) is 17.7 Å². The van der Waals surface area contributed by atoms with Crippen molar-refractivity contribution in [2.75, 3.05) is 32.4 Å². The molecule has 0 aliphatic carbocycles. The van der Waals surface area contributed by atoms with E-state index in [1.807, 2.05) is 11.8 Å². The number of likely N-dealkylation sites (tertiary alicyclic amines) is 1. The number of carbonyl (C=O) groups is 1. The van der Waals surface area contributed by atoms with Crippen molar-refractivity contribution < 1.29 is 13.2 Å². The van der Waals surface area contributed by atoms with E-state index in [1.54, 1.807) is 0 Å². The Morgan fingerprint density at radius 2 is 2.21 bits per heavy atom. The summed E-state index contributed by atoms with van der Waals surface area (Å²) in [6, 6.07) is 0. The number of nitrogens with two attached hydrogens (primary N) is 1. The van der Waals surface area contributed by atoms with Gasteiger partial charge in [0.1, 0.15) is 0 Å². The molecule has 0 radical (unpaired) electrons. The molecule has 1 amide bonds. The van der Waals surface area contributed by atoms with Crippen LogP contribution in [0.1, 0.15) is 26.2 Å². The fraction of sp³-hybridized carbons (Fsp3) is 0.917. The highest BCUT2D eigenvalue weighted by Gasteiger charge is 2.27. The number of sulfonamides is 1. The van der Waals surface area contributed by atoms with Crippen LogP contribution in [0.15, 0.2) is 0 Å². The Labute approximate surface area is 115 Å². The Balaban J connectivity index is 2.52. The van der Waals surface area contributed by atoms with Gasteiger partial charge in [0, 0.05) is 26.2 Å². The maximum Gasteiger partial charge on any atom is 0.226 e. The van der Waals surface area contributed by atoms with Crippen LogP contribution in [-0.2, 0) is 14.8 Å². The summed E-state index contributed by atoms with van der Waals surface area (Å²) < 4.78 is 24.7. The number of carbonyl (C=O) groups excluding carboxylic acids is 1. The van der Waals surface area contributed by atoms with Gasteiger partial charge in [0.2, 0.25) is 15.9 Å². The lowest BCUT2D eigenvalue weighted by Gasteiger charge is -2.34. The minimum atomic E-state index is -3.16. The summed E-state index contributed by atoms with van der Waals surface area (Å²) in [5.74, 6) is 0.193. The Morgan fingerprint density at radius 3 is 2.74 bits per heavy atom. The first-order valence-electron chi connectivity index (χ1n) is 6.80. The van der Waals surface area contributed by atoms with Crippen LogP contribution in [0.2, 0.25) is 0 Å². The Bertz CT molecular complexity index is 393. The molecule has 0 spiro atoms. The smallest absolute Gasteiger partial charge is 0.226 e. The van der Waals surface area contributed by atoms with E-state index in [4.69, 9.17) is 5.73 Å². The van der Waals surface area contributed by atoms with Gasteiger partial charge in [-0.2, -0.15) is 0 Å². The molecule has 0 bridgehead atoms. The molecule has 1 fully saturated rings. The van der Waals surface area contributed by atoms with Crippen molar-refractivity contribution >= 4 is 15.9 Å². The molecule has 1 aliphatic heterocycles. The number of hydrogen-bond acceptors (Lipinski definition) is 4. The van der Waals surface area contributed by atoms with Gasteiger partial charge in [0.25, 0.3) is 0 Å². The van der Waals surface area contributed by atoms with Gasteiger partial charge >= 0.3 is 0 Å². The molecule has 112 valence electrons. The SMILES string of the molecule is CCC(CN)C(=O)N1CCCC(CNS(C)(=O)=O)C1. The van der Waals surface area contributed by atoms with E-state index in [0.29, 0.717) is 19.6 Å². The van der Waals surface area contributed by atoms with E-state index >= 15 is 0 Å². The summed E-state index contributed by atoms with van der Waals surface area (Å²) in [5.41, 5.74) is 5.60. The zero-order valence-corrected chi connectivity index (χ0v) is 12.6. The number of piperidine rings is 1. The predicted molar refractivity (Wildman–Crippen MR) is 75.0 cm³/mol. The average Bonchev–Trinajstić information content (AvgIpc) is 2.37. The molecule has 1 saturated heterocycles. The van der Waals surface area contributed by atoms with Crippen molar-refractivity contribution in [2.45, 2.75) is 26.2 Å². The van der Waals surface area contributed by atoms with Gasteiger partial charge in [-0.25, -0.2) is 13.1 Å².